The van der Waals surface area contributed by atoms with Gasteiger partial charge in [0, 0.05) is 0 Å². The maximum atomic E-state index is 12.9. The number of hydrogen-bond donors (Lipinski definition) is 1. The van der Waals surface area contributed by atoms with Crippen LogP contribution >= 0.6 is 0 Å². The first kappa shape index (κ1) is 12.9. The van der Waals surface area contributed by atoms with Crippen LogP contribution in [0.25, 0.3) is 11.0 Å². The van der Waals surface area contributed by atoms with Crippen LogP contribution < -0.4 is 0 Å². The average molecular weight is 278 g/mol. The van der Waals surface area contributed by atoms with Crippen LogP contribution in [0, 0.1) is 0 Å². The Kier molecular flexibility index (Phi) is 2.84. The van der Waals surface area contributed by atoms with Gasteiger partial charge in [-0.2, -0.15) is 13.2 Å². The second kappa shape index (κ2) is 3.98. The number of sulfone groups is 1. The van der Waals surface area contributed by atoms with Gasteiger partial charge in [-0.15, -0.1) is 0 Å². The maximum absolute atomic E-state index is 12.9. The Morgan fingerprint density at radius 2 is 2.00 bits per heavy atom. The minimum absolute atomic E-state index is 0.150. The summed E-state index contributed by atoms with van der Waals surface area (Å²) in [6, 6.07) is 1.72. The number of benzene rings is 1. The zero-order chi connectivity index (χ0) is 13.6. The van der Waals surface area contributed by atoms with E-state index in [4.69, 9.17) is 0 Å². The van der Waals surface area contributed by atoms with Crippen LogP contribution in [-0.4, -0.2) is 24.1 Å². The number of nitrogens with one attached hydrogen (secondary N) is 1. The van der Waals surface area contributed by atoms with E-state index < -0.39 is 32.2 Å². The van der Waals surface area contributed by atoms with Crippen molar-refractivity contribution >= 4 is 20.9 Å². The van der Waals surface area contributed by atoms with Gasteiger partial charge in [-0.3, -0.25) is 0 Å². The molecule has 0 unspecified atom stereocenters. The molecule has 0 aliphatic heterocycles. The zero-order valence-corrected chi connectivity index (χ0v) is 10.1. The molecule has 0 atom stereocenters. The predicted octanol–water partition coefficient (Wildman–Crippen LogP) is 2.38. The number of halogens is 3. The number of alkyl halides is 3. The Morgan fingerprint density at radius 3 is 2.56 bits per heavy atom. The van der Waals surface area contributed by atoms with Gasteiger partial charge in [0.2, 0.25) is 0 Å². The molecule has 8 heteroatoms. The molecule has 1 aromatic heterocycles. The number of nitrogens with zero attached hydrogens (tertiary/aromatic N) is 1. The first-order valence-electron chi connectivity index (χ1n) is 5.03. The van der Waals surface area contributed by atoms with Crippen molar-refractivity contribution < 1.29 is 21.6 Å². The molecule has 1 aromatic carbocycles. The molecule has 0 aliphatic carbocycles. The highest BCUT2D eigenvalue weighted by atomic mass is 32.2. The van der Waals surface area contributed by atoms with Crippen molar-refractivity contribution in [2.75, 3.05) is 5.75 Å². The normalized spacial score (nSPS) is 13.1. The number of H-pyrrole nitrogens is 1. The van der Waals surface area contributed by atoms with Crippen molar-refractivity contribution in [2.24, 2.45) is 0 Å². The van der Waals surface area contributed by atoms with Crippen LogP contribution in [0.2, 0.25) is 0 Å². The summed E-state index contributed by atoms with van der Waals surface area (Å²) in [6.45, 7) is 1.30. The lowest BCUT2D eigenvalue weighted by Crippen LogP contribution is -2.14. The van der Waals surface area contributed by atoms with Crippen molar-refractivity contribution in [3.05, 3.63) is 24.0 Å². The second-order valence-corrected chi connectivity index (χ2v) is 5.92. The number of aromatic nitrogens is 2. The van der Waals surface area contributed by atoms with Crippen molar-refractivity contribution in [3.8, 4) is 0 Å². The van der Waals surface area contributed by atoms with Gasteiger partial charge in [0.15, 0.2) is 9.84 Å². The molecule has 0 amide bonds. The van der Waals surface area contributed by atoms with Gasteiger partial charge in [0.1, 0.15) is 0 Å². The third-order valence-corrected chi connectivity index (χ3v) is 4.31. The molecule has 0 aliphatic rings. The Labute approximate surface area is 101 Å². The monoisotopic (exact) mass is 278 g/mol. The molecule has 18 heavy (non-hydrogen) atoms. The topological polar surface area (TPSA) is 62.8 Å². The zero-order valence-electron chi connectivity index (χ0n) is 9.25. The van der Waals surface area contributed by atoms with E-state index in [1.807, 2.05) is 0 Å². The fourth-order valence-corrected chi connectivity index (χ4v) is 2.71. The molecule has 0 radical (unpaired) electrons. The highest BCUT2D eigenvalue weighted by Crippen LogP contribution is 2.36. The van der Waals surface area contributed by atoms with Crippen molar-refractivity contribution in [1.82, 2.24) is 9.97 Å². The van der Waals surface area contributed by atoms with Crippen LogP contribution in [0.15, 0.2) is 23.4 Å². The molecule has 98 valence electrons. The second-order valence-electron chi connectivity index (χ2n) is 3.67. The number of hydrogen-bond acceptors (Lipinski definition) is 3. The van der Waals surface area contributed by atoms with Crippen LogP contribution in [0.3, 0.4) is 0 Å². The molecule has 4 nitrogen and oxygen atoms in total. The number of aromatic amines is 1. The van der Waals surface area contributed by atoms with E-state index in [1.165, 1.54) is 13.3 Å². The van der Waals surface area contributed by atoms with Crippen molar-refractivity contribution in [1.29, 1.82) is 0 Å². The molecule has 2 rings (SSSR count). The Hall–Kier alpha value is -1.57. The molecular formula is C10H9F3N2O2S. The lowest BCUT2D eigenvalue weighted by atomic mass is 10.2. The minimum Gasteiger partial charge on any atom is -0.345 e. The lowest BCUT2D eigenvalue weighted by Gasteiger charge is -2.12. The molecule has 0 bridgehead atoms. The molecule has 1 N–H and O–H groups in total. The summed E-state index contributed by atoms with van der Waals surface area (Å²) in [4.78, 5) is 5.56. The number of fused-ring (bicyclic) bond motifs is 1. The van der Waals surface area contributed by atoms with E-state index in [0.29, 0.717) is 0 Å². The van der Waals surface area contributed by atoms with Gasteiger partial charge >= 0.3 is 6.18 Å². The van der Waals surface area contributed by atoms with Crippen LogP contribution in [-0.2, 0) is 16.0 Å². The Morgan fingerprint density at radius 1 is 1.33 bits per heavy atom. The van der Waals surface area contributed by atoms with E-state index in [2.05, 4.69) is 9.97 Å². The van der Waals surface area contributed by atoms with Gasteiger partial charge in [-0.05, 0) is 12.1 Å². The third kappa shape index (κ3) is 2.07. The van der Waals surface area contributed by atoms with E-state index >= 15 is 0 Å². The fraction of sp³-hybridized carbons (Fsp3) is 0.300. The summed E-state index contributed by atoms with van der Waals surface area (Å²) in [7, 11) is -3.96. The highest BCUT2D eigenvalue weighted by molar-refractivity contribution is 7.91. The average Bonchev–Trinajstić information content (AvgIpc) is 2.73. The summed E-state index contributed by atoms with van der Waals surface area (Å²) in [5, 5.41) is 0. The van der Waals surface area contributed by atoms with Crippen LogP contribution in [0.1, 0.15) is 12.5 Å². The first-order valence-corrected chi connectivity index (χ1v) is 6.68. The lowest BCUT2D eigenvalue weighted by molar-refractivity contribution is -0.139. The molecule has 0 spiro atoms. The molecule has 0 fully saturated rings. The van der Waals surface area contributed by atoms with Crippen LogP contribution in [0.5, 0.6) is 0 Å². The quantitative estimate of drug-likeness (QED) is 0.917. The minimum atomic E-state index is -4.73. The summed E-state index contributed by atoms with van der Waals surface area (Å²) in [6.07, 6.45) is -3.51. The largest absolute Gasteiger partial charge is 0.417 e. The summed E-state index contributed by atoms with van der Waals surface area (Å²) in [5.74, 6) is -0.397. The summed E-state index contributed by atoms with van der Waals surface area (Å²) < 4.78 is 61.9. The summed E-state index contributed by atoms with van der Waals surface area (Å²) in [5.41, 5.74) is -0.825. The predicted molar refractivity (Wildman–Crippen MR) is 58.8 cm³/mol. The van der Waals surface area contributed by atoms with Crippen LogP contribution in [0.4, 0.5) is 13.2 Å². The van der Waals surface area contributed by atoms with E-state index in [-0.39, 0.29) is 11.0 Å². The van der Waals surface area contributed by atoms with Gasteiger partial charge in [0.05, 0.1) is 33.6 Å². The maximum Gasteiger partial charge on any atom is 0.417 e. The Balaban J connectivity index is 2.84. The van der Waals surface area contributed by atoms with E-state index in [0.717, 1.165) is 12.1 Å². The third-order valence-electron chi connectivity index (χ3n) is 2.54. The van der Waals surface area contributed by atoms with Gasteiger partial charge in [-0.1, -0.05) is 6.92 Å². The smallest absolute Gasteiger partial charge is 0.345 e. The molecule has 2 aromatic rings. The van der Waals surface area contributed by atoms with Crippen molar-refractivity contribution in [3.63, 3.8) is 0 Å². The summed E-state index contributed by atoms with van der Waals surface area (Å²) >= 11 is 0. The number of rotatable bonds is 2. The fourth-order valence-electron chi connectivity index (χ4n) is 1.60. The standard InChI is InChI=1S/C10H9F3N2O2S/c1-2-18(16,17)9-4-8-7(14-5-15-8)3-6(9)10(11,12)13/h3-5H,2H2,1H3,(H,14,15). The first-order chi connectivity index (χ1) is 8.25. The highest BCUT2D eigenvalue weighted by Gasteiger charge is 2.37. The Bertz CT molecular complexity index is 689. The van der Waals surface area contributed by atoms with E-state index in [9.17, 15) is 21.6 Å². The van der Waals surface area contributed by atoms with Crippen molar-refractivity contribution in [2.45, 2.75) is 18.0 Å². The molecule has 0 saturated heterocycles. The molecule has 1 heterocycles. The van der Waals surface area contributed by atoms with Gasteiger partial charge < -0.3 is 4.98 Å². The molecule has 0 saturated carbocycles. The van der Waals surface area contributed by atoms with Gasteiger partial charge in [0.25, 0.3) is 0 Å². The van der Waals surface area contributed by atoms with E-state index in [1.54, 1.807) is 0 Å². The van der Waals surface area contributed by atoms with Gasteiger partial charge in [-0.25, -0.2) is 13.4 Å². The SMILES string of the molecule is CCS(=O)(=O)c1cc2nc[nH]c2cc1C(F)(F)F. The number of imidazole rings is 1. The molecular weight excluding hydrogens is 269 g/mol.